The maximum Gasteiger partial charge on any atom is 0.186 e. The first-order chi connectivity index (χ1) is 9.34. The fourth-order valence-corrected chi connectivity index (χ4v) is 4.12. The van der Waals surface area contributed by atoms with Crippen molar-refractivity contribution < 1.29 is 0 Å². The van der Waals surface area contributed by atoms with Crippen LogP contribution in [0.25, 0.3) is 0 Å². The molecule has 0 aromatic heterocycles. The maximum absolute atomic E-state index is 6.19. The van der Waals surface area contributed by atoms with Crippen molar-refractivity contribution in [1.82, 2.24) is 4.90 Å². The average molecular weight is 312 g/mol. The molecule has 0 atom stereocenters. The summed E-state index contributed by atoms with van der Waals surface area (Å²) in [5, 5.41) is 10.5. The molecule has 100 valence electrons. The van der Waals surface area contributed by atoms with E-state index in [1.165, 1.54) is 11.5 Å². The molecule has 2 aliphatic rings. The first-order valence-electron chi connectivity index (χ1n) is 6.19. The van der Waals surface area contributed by atoms with Crippen molar-refractivity contribution in [2.45, 2.75) is 0 Å². The summed E-state index contributed by atoms with van der Waals surface area (Å²) in [6.07, 6.45) is 0. The summed E-state index contributed by atoms with van der Waals surface area (Å²) < 4.78 is 0. The van der Waals surface area contributed by atoms with E-state index in [0.29, 0.717) is 0 Å². The molecule has 3 rings (SSSR count). The Morgan fingerprint density at radius 3 is 2.58 bits per heavy atom. The number of nitrogens with zero attached hydrogens (tertiary/aromatic N) is 3. The Morgan fingerprint density at radius 2 is 1.89 bits per heavy atom. The van der Waals surface area contributed by atoms with Gasteiger partial charge in [0.05, 0.1) is 5.71 Å². The zero-order valence-electron chi connectivity index (χ0n) is 10.4. The molecule has 0 bridgehead atoms. The lowest BCUT2D eigenvalue weighted by molar-refractivity contribution is 0.470. The molecule has 0 amide bonds. The molecule has 1 fully saturated rings. The predicted octanol–water partition coefficient (Wildman–Crippen LogP) is 3.20. The van der Waals surface area contributed by atoms with Gasteiger partial charge in [-0.3, -0.25) is 0 Å². The molecule has 0 aliphatic carbocycles. The van der Waals surface area contributed by atoms with Gasteiger partial charge in [-0.1, -0.05) is 41.6 Å². The van der Waals surface area contributed by atoms with E-state index in [-0.39, 0.29) is 0 Å². The Hall–Kier alpha value is -0.650. The highest BCUT2D eigenvalue weighted by Crippen LogP contribution is 2.24. The zero-order chi connectivity index (χ0) is 13.1. The van der Waals surface area contributed by atoms with Crippen molar-refractivity contribution in [3.63, 3.8) is 0 Å². The molecular weight excluding hydrogens is 298 g/mol. The van der Waals surface area contributed by atoms with Crippen LogP contribution in [0.2, 0.25) is 5.02 Å². The number of hydrogen-bond donors (Lipinski definition) is 0. The Balaban J connectivity index is 1.78. The third kappa shape index (κ3) is 3.09. The fraction of sp³-hybridized carbons (Fsp3) is 0.385. The van der Waals surface area contributed by atoms with Gasteiger partial charge in [-0.15, -0.1) is 5.10 Å². The van der Waals surface area contributed by atoms with E-state index < -0.39 is 0 Å². The molecule has 2 aliphatic heterocycles. The smallest absolute Gasteiger partial charge is 0.186 e. The van der Waals surface area contributed by atoms with Crippen LogP contribution in [-0.2, 0) is 0 Å². The number of hydrogen-bond acceptors (Lipinski definition) is 5. The normalized spacial score (nSPS) is 19.9. The van der Waals surface area contributed by atoms with Gasteiger partial charge in [0.15, 0.2) is 5.17 Å². The van der Waals surface area contributed by atoms with Gasteiger partial charge >= 0.3 is 0 Å². The summed E-state index contributed by atoms with van der Waals surface area (Å²) in [5.74, 6) is 3.20. The Labute approximate surface area is 126 Å². The predicted molar refractivity (Wildman–Crippen MR) is 86.8 cm³/mol. The lowest BCUT2D eigenvalue weighted by atomic mass is 10.1. The van der Waals surface area contributed by atoms with E-state index in [9.17, 15) is 0 Å². The molecule has 1 aromatic carbocycles. The lowest BCUT2D eigenvalue weighted by Crippen LogP contribution is -2.37. The Kier molecular flexibility index (Phi) is 4.35. The molecule has 1 saturated heterocycles. The van der Waals surface area contributed by atoms with Crippen LogP contribution in [-0.4, -0.2) is 46.1 Å². The van der Waals surface area contributed by atoms with Crippen LogP contribution < -0.4 is 0 Å². The van der Waals surface area contributed by atoms with E-state index in [2.05, 4.69) is 15.1 Å². The van der Waals surface area contributed by atoms with Crippen LogP contribution in [0.15, 0.2) is 34.5 Å². The molecule has 6 heteroatoms. The van der Waals surface area contributed by atoms with Crippen LogP contribution in [0.3, 0.4) is 0 Å². The quantitative estimate of drug-likeness (QED) is 0.797. The van der Waals surface area contributed by atoms with Crippen molar-refractivity contribution in [1.29, 1.82) is 0 Å². The first kappa shape index (κ1) is 13.3. The minimum atomic E-state index is 0.745. The summed E-state index contributed by atoms with van der Waals surface area (Å²) in [7, 11) is 0. The van der Waals surface area contributed by atoms with E-state index in [0.717, 1.165) is 40.3 Å². The maximum atomic E-state index is 6.19. The number of rotatable bonds is 1. The largest absolute Gasteiger partial charge is 0.348 e. The second-order valence-electron chi connectivity index (χ2n) is 4.30. The van der Waals surface area contributed by atoms with Crippen molar-refractivity contribution in [2.24, 2.45) is 10.2 Å². The Morgan fingerprint density at radius 1 is 1.11 bits per heavy atom. The van der Waals surface area contributed by atoms with Crippen LogP contribution in [0.1, 0.15) is 5.56 Å². The van der Waals surface area contributed by atoms with Gasteiger partial charge in [0, 0.05) is 40.9 Å². The van der Waals surface area contributed by atoms with Gasteiger partial charge in [-0.2, -0.15) is 16.9 Å². The number of halogens is 1. The SMILES string of the molecule is Clc1ccccc1C1=NN=C(N2CCSCC2)SC1. The second kappa shape index (κ2) is 6.20. The van der Waals surface area contributed by atoms with E-state index >= 15 is 0 Å². The highest BCUT2D eigenvalue weighted by atomic mass is 35.5. The van der Waals surface area contributed by atoms with E-state index in [1.807, 2.05) is 36.0 Å². The third-order valence-electron chi connectivity index (χ3n) is 3.06. The minimum absolute atomic E-state index is 0.745. The van der Waals surface area contributed by atoms with E-state index in [1.54, 1.807) is 11.8 Å². The van der Waals surface area contributed by atoms with Gasteiger partial charge < -0.3 is 4.90 Å². The standard InChI is InChI=1S/C13H14ClN3S2/c14-11-4-2-1-3-10(11)12-9-19-13(16-15-12)17-5-7-18-8-6-17/h1-4H,5-9H2. The number of benzene rings is 1. The summed E-state index contributed by atoms with van der Waals surface area (Å²) in [5.41, 5.74) is 1.96. The summed E-state index contributed by atoms with van der Waals surface area (Å²) in [4.78, 5) is 2.33. The average Bonchev–Trinajstić information content (AvgIpc) is 2.49. The van der Waals surface area contributed by atoms with Crippen LogP contribution >= 0.6 is 35.1 Å². The summed E-state index contributed by atoms with van der Waals surface area (Å²) in [6, 6.07) is 7.81. The third-order valence-corrected chi connectivity index (χ3v) is 5.35. The van der Waals surface area contributed by atoms with Crippen LogP contribution in [0.5, 0.6) is 0 Å². The fourth-order valence-electron chi connectivity index (χ4n) is 2.03. The molecule has 0 saturated carbocycles. The number of amidine groups is 1. The summed E-state index contributed by atoms with van der Waals surface area (Å²) in [6.45, 7) is 2.15. The summed E-state index contributed by atoms with van der Waals surface area (Å²) >= 11 is 9.95. The second-order valence-corrected chi connectivity index (χ2v) is 6.87. The van der Waals surface area contributed by atoms with Gasteiger partial charge in [0.25, 0.3) is 0 Å². The molecule has 0 radical (unpaired) electrons. The molecule has 1 aromatic rings. The molecule has 0 unspecified atom stereocenters. The molecule has 0 spiro atoms. The van der Waals surface area contributed by atoms with E-state index in [4.69, 9.17) is 11.6 Å². The van der Waals surface area contributed by atoms with Gasteiger partial charge in [0.2, 0.25) is 0 Å². The molecular formula is C13H14ClN3S2. The highest BCUT2D eigenvalue weighted by Gasteiger charge is 2.20. The number of thioether (sulfide) groups is 2. The zero-order valence-corrected chi connectivity index (χ0v) is 12.8. The van der Waals surface area contributed by atoms with Crippen molar-refractivity contribution in [3.8, 4) is 0 Å². The van der Waals surface area contributed by atoms with Gasteiger partial charge in [-0.25, -0.2) is 0 Å². The van der Waals surface area contributed by atoms with Crippen LogP contribution in [0, 0.1) is 0 Å². The molecule has 3 nitrogen and oxygen atoms in total. The van der Waals surface area contributed by atoms with Gasteiger partial charge in [-0.05, 0) is 6.07 Å². The first-order valence-corrected chi connectivity index (χ1v) is 8.71. The molecule has 19 heavy (non-hydrogen) atoms. The van der Waals surface area contributed by atoms with Crippen LogP contribution in [0.4, 0.5) is 0 Å². The van der Waals surface area contributed by atoms with Crippen molar-refractivity contribution >= 4 is 46.0 Å². The highest BCUT2D eigenvalue weighted by molar-refractivity contribution is 8.14. The lowest BCUT2D eigenvalue weighted by Gasteiger charge is -2.29. The van der Waals surface area contributed by atoms with Crippen molar-refractivity contribution in [3.05, 3.63) is 34.9 Å². The Bertz CT molecular complexity index is 524. The molecule has 0 N–H and O–H groups in total. The minimum Gasteiger partial charge on any atom is -0.348 e. The molecule has 2 heterocycles. The van der Waals surface area contributed by atoms with Crippen molar-refractivity contribution in [2.75, 3.05) is 30.3 Å². The topological polar surface area (TPSA) is 28.0 Å². The monoisotopic (exact) mass is 311 g/mol. The van der Waals surface area contributed by atoms with Gasteiger partial charge in [0.1, 0.15) is 0 Å².